The molecular weight excluding hydrogens is 192 g/mol. The minimum atomic E-state index is 0.218. The summed E-state index contributed by atoms with van der Waals surface area (Å²) in [5.41, 5.74) is 9.18. The molecule has 52 valence electrons. The quantitative estimate of drug-likeness (QED) is 0.350. The van der Waals surface area contributed by atoms with Crippen molar-refractivity contribution in [3.8, 4) is 0 Å². The number of nitrogens with zero attached hydrogens (tertiary/aromatic N) is 2. The lowest BCUT2D eigenvalue weighted by atomic mass is 10.0. The zero-order chi connectivity index (χ0) is 7.40. The number of alkyl halides is 1. The molecule has 0 N–H and O–H groups in total. The molecule has 1 aliphatic carbocycles. The third-order valence-corrected chi connectivity index (χ3v) is 2.08. The fraction of sp³-hybridized carbons (Fsp3) is 0.286. The van der Waals surface area contributed by atoms with E-state index in [1.807, 2.05) is 18.2 Å². The van der Waals surface area contributed by atoms with Gasteiger partial charge in [0.15, 0.2) is 0 Å². The van der Waals surface area contributed by atoms with Crippen molar-refractivity contribution in [2.45, 2.75) is 0 Å². The van der Waals surface area contributed by atoms with Crippen LogP contribution in [0.25, 0.3) is 5.53 Å². The van der Waals surface area contributed by atoms with Crippen LogP contribution in [0.3, 0.4) is 0 Å². The summed E-state index contributed by atoms with van der Waals surface area (Å²) >= 11 is 3.32. The largest absolute Gasteiger partial charge is 0.361 e. The van der Waals surface area contributed by atoms with Gasteiger partial charge in [0.1, 0.15) is 0 Å². The molecule has 3 heteroatoms. The summed E-state index contributed by atoms with van der Waals surface area (Å²) in [6, 6.07) is 0. The maximum absolute atomic E-state index is 8.47. The summed E-state index contributed by atoms with van der Waals surface area (Å²) in [7, 11) is 0. The molecule has 0 aliphatic heterocycles. The monoisotopic (exact) mass is 198 g/mol. The van der Waals surface area contributed by atoms with E-state index in [1.54, 1.807) is 6.08 Å². The molecule has 10 heavy (non-hydrogen) atoms. The molecule has 0 amide bonds. The highest BCUT2D eigenvalue weighted by molar-refractivity contribution is 9.09. The lowest BCUT2D eigenvalue weighted by Gasteiger charge is -2.02. The number of hydrogen-bond acceptors (Lipinski definition) is 0. The Kier molecular flexibility index (Phi) is 2.60. The zero-order valence-corrected chi connectivity index (χ0v) is 6.95. The van der Waals surface area contributed by atoms with Crippen molar-refractivity contribution < 1.29 is 4.79 Å². The van der Waals surface area contributed by atoms with Crippen LogP contribution in [0.2, 0.25) is 0 Å². The Hall–Kier alpha value is -0.660. The first-order valence-corrected chi connectivity index (χ1v) is 4.13. The summed E-state index contributed by atoms with van der Waals surface area (Å²) in [5.74, 6) is 0.218. The van der Waals surface area contributed by atoms with E-state index in [9.17, 15) is 0 Å². The normalized spacial score (nSPS) is 22.9. The van der Waals surface area contributed by atoms with Crippen molar-refractivity contribution in [3.05, 3.63) is 29.8 Å². The van der Waals surface area contributed by atoms with Crippen LogP contribution in [0, 0.1) is 5.92 Å². The first kappa shape index (κ1) is 7.45. The van der Waals surface area contributed by atoms with Crippen LogP contribution in [0.5, 0.6) is 0 Å². The minimum absolute atomic E-state index is 0.218. The summed E-state index contributed by atoms with van der Waals surface area (Å²) in [6.45, 7) is 0. The van der Waals surface area contributed by atoms with E-state index >= 15 is 0 Å². The van der Waals surface area contributed by atoms with E-state index in [0.29, 0.717) is 5.71 Å². The number of rotatable bonds is 1. The average molecular weight is 199 g/mol. The maximum atomic E-state index is 8.47. The first-order valence-electron chi connectivity index (χ1n) is 3.01. The topological polar surface area (TPSA) is 36.4 Å². The number of halogens is 1. The molecule has 1 aliphatic rings. The molecule has 0 saturated carbocycles. The van der Waals surface area contributed by atoms with Crippen molar-refractivity contribution in [3.63, 3.8) is 0 Å². The van der Waals surface area contributed by atoms with Crippen molar-refractivity contribution in [2.75, 3.05) is 5.33 Å². The van der Waals surface area contributed by atoms with E-state index in [1.165, 1.54) is 0 Å². The molecule has 0 saturated heterocycles. The second-order valence-corrected chi connectivity index (χ2v) is 2.68. The smallest absolute Gasteiger partial charge is 0.299 e. The van der Waals surface area contributed by atoms with Gasteiger partial charge in [-0.2, -0.15) is 4.79 Å². The summed E-state index contributed by atoms with van der Waals surface area (Å²) in [4.78, 5) is 3.15. The van der Waals surface area contributed by atoms with E-state index in [4.69, 9.17) is 5.53 Å². The SMILES string of the molecule is [N-]=[N+]=C1C=CC=CC1CBr. The molecule has 0 radical (unpaired) electrons. The fourth-order valence-electron chi connectivity index (χ4n) is 0.813. The van der Waals surface area contributed by atoms with Crippen LogP contribution < -0.4 is 0 Å². The summed E-state index contributed by atoms with van der Waals surface area (Å²) in [6.07, 6.45) is 7.59. The van der Waals surface area contributed by atoms with E-state index in [0.717, 1.165) is 5.33 Å². The molecule has 0 fully saturated rings. The van der Waals surface area contributed by atoms with Gasteiger partial charge in [0, 0.05) is 11.4 Å². The standard InChI is InChI=1S/C7H7BrN2/c8-5-6-3-1-2-4-7(6)10-9/h1-4,6H,5H2. The van der Waals surface area contributed by atoms with Gasteiger partial charge in [-0.1, -0.05) is 34.2 Å². The van der Waals surface area contributed by atoms with Gasteiger partial charge < -0.3 is 5.53 Å². The predicted octanol–water partition coefficient (Wildman–Crippen LogP) is 1.79. The fourth-order valence-corrected chi connectivity index (χ4v) is 1.36. The van der Waals surface area contributed by atoms with E-state index < -0.39 is 0 Å². The molecular formula is C7H7BrN2. The number of allylic oxidation sites excluding steroid dienone is 4. The van der Waals surface area contributed by atoms with Gasteiger partial charge in [-0.15, -0.1) is 0 Å². The van der Waals surface area contributed by atoms with Gasteiger partial charge in [0.25, 0.3) is 5.71 Å². The molecule has 0 aromatic rings. The first-order chi connectivity index (χ1) is 4.88. The predicted molar refractivity (Wildman–Crippen MR) is 44.2 cm³/mol. The van der Waals surface area contributed by atoms with Crippen LogP contribution in [0.15, 0.2) is 24.3 Å². The van der Waals surface area contributed by atoms with Gasteiger partial charge in [-0.3, -0.25) is 0 Å². The molecule has 1 rings (SSSR count). The Bertz CT molecular complexity index is 224. The van der Waals surface area contributed by atoms with Crippen LogP contribution >= 0.6 is 15.9 Å². The van der Waals surface area contributed by atoms with Crippen LogP contribution in [-0.2, 0) is 0 Å². The second-order valence-electron chi connectivity index (χ2n) is 2.03. The van der Waals surface area contributed by atoms with Crippen molar-refractivity contribution in [2.24, 2.45) is 5.92 Å². The van der Waals surface area contributed by atoms with Crippen molar-refractivity contribution in [1.82, 2.24) is 0 Å². The van der Waals surface area contributed by atoms with Gasteiger partial charge in [0.05, 0.1) is 5.92 Å². The lowest BCUT2D eigenvalue weighted by Crippen LogP contribution is -2.13. The Morgan fingerprint density at radius 3 is 2.90 bits per heavy atom. The van der Waals surface area contributed by atoms with Crippen LogP contribution in [-0.4, -0.2) is 15.8 Å². The summed E-state index contributed by atoms with van der Waals surface area (Å²) < 4.78 is 0. The number of hydrogen-bond donors (Lipinski definition) is 0. The van der Waals surface area contributed by atoms with E-state index in [2.05, 4.69) is 20.7 Å². The molecule has 1 atom stereocenters. The minimum Gasteiger partial charge on any atom is -0.361 e. The third-order valence-electron chi connectivity index (χ3n) is 1.38. The second kappa shape index (κ2) is 3.49. The van der Waals surface area contributed by atoms with Crippen molar-refractivity contribution >= 4 is 21.6 Å². The zero-order valence-electron chi connectivity index (χ0n) is 5.37. The molecule has 0 bridgehead atoms. The molecule has 0 spiro atoms. The van der Waals surface area contributed by atoms with Gasteiger partial charge in [0.2, 0.25) is 0 Å². The van der Waals surface area contributed by atoms with Crippen LogP contribution in [0.4, 0.5) is 0 Å². The van der Waals surface area contributed by atoms with Crippen molar-refractivity contribution in [1.29, 1.82) is 0 Å². The molecule has 1 unspecified atom stereocenters. The Labute approximate surface area is 68.0 Å². The molecule has 0 aromatic heterocycles. The van der Waals surface area contributed by atoms with Gasteiger partial charge in [-0.25, -0.2) is 0 Å². The van der Waals surface area contributed by atoms with Crippen LogP contribution in [0.1, 0.15) is 0 Å². The maximum Gasteiger partial charge on any atom is 0.299 e. The summed E-state index contributed by atoms with van der Waals surface area (Å²) in [5, 5.41) is 0.799. The molecule has 2 nitrogen and oxygen atoms in total. The Morgan fingerprint density at radius 2 is 2.40 bits per heavy atom. The Morgan fingerprint density at radius 1 is 1.60 bits per heavy atom. The highest BCUT2D eigenvalue weighted by Crippen LogP contribution is 2.09. The Balaban J connectivity index is 2.84. The van der Waals surface area contributed by atoms with Gasteiger partial charge >= 0.3 is 0 Å². The highest BCUT2D eigenvalue weighted by atomic mass is 79.9. The lowest BCUT2D eigenvalue weighted by molar-refractivity contribution is -0.00839. The molecule has 0 aromatic carbocycles. The third kappa shape index (κ3) is 1.43. The highest BCUT2D eigenvalue weighted by Gasteiger charge is 2.17. The van der Waals surface area contributed by atoms with E-state index in [-0.39, 0.29) is 5.92 Å². The van der Waals surface area contributed by atoms with Gasteiger partial charge in [-0.05, 0) is 0 Å². The molecule has 0 heterocycles. The average Bonchev–Trinajstić information content (AvgIpc) is 2.04.